The molecule has 0 saturated heterocycles. The van der Waals surface area contributed by atoms with E-state index < -0.39 is 24.4 Å². The molecule has 0 fully saturated rings. The average molecular weight is 334 g/mol. The number of amides is 1. The fraction of sp³-hybridized carbons (Fsp3) is 0.312. The van der Waals surface area contributed by atoms with Gasteiger partial charge in [0.15, 0.2) is 17.5 Å². The number of benzene rings is 1. The number of aromatic nitrogens is 2. The van der Waals surface area contributed by atoms with E-state index in [0.717, 1.165) is 6.20 Å². The van der Waals surface area contributed by atoms with E-state index in [1.807, 2.05) is 0 Å². The first-order valence-corrected chi connectivity index (χ1v) is 7.29. The normalized spacial score (nSPS) is 11.9. The van der Waals surface area contributed by atoms with Crippen molar-refractivity contribution >= 4 is 11.7 Å². The summed E-state index contributed by atoms with van der Waals surface area (Å²) in [7, 11) is 3.34. The van der Waals surface area contributed by atoms with E-state index in [4.69, 9.17) is 5.11 Å². The summed E-state index contributed by atoms with van der Waals surface area (Å²) in [4.78, 5) is 21.7. The smallest absolute Gasteiger partial charge is 0.251 e. The summed E-state index contributed by atoms with van der Waals surface area (Å²) in [6.45, 7) is -0.492. The molecule has 0 radical (unpaired) electrons. The SMILES string of the molecule is CN(C)c1nc(-c2cccc(C(=O)NC[C@H](O)CO)c2)ncc1F. The van der Waals surface area contributed by atoms with E-state index in [2.05, 4.69) is 15.3 Å². The summed E-state index contributed by atoms with van der Waals surface area (Å²) in [6.07, 6.45) is 0.0716. The van der Waals surface area contributed by atoms with Crippen LogP contribution in [0.15, 0.2) is 30.5 Å². The van der Waals surface area contributed by atoms with E-state index in [0.29, 0.717) is 17.0 Å². The average Bonchev–Trinajstić information content (AvgIpc) is 2.59. The Balaban J connectivity index is 2.24. The van der Waals surface area contributed by atoms with Gasteiger partial charge in [0.05, 0.1) is 18.9 Å². The van der Waals surface area contributed by atoms with Crippen molar-refractivity contribution in [3.8, 4) is 11.4 Å². The van der Waals surface area contributed by atoms with Gasteiger partial charge in [-0.2, -0.15) is 0 Å². The van der Waals surface area contributed by atoms with Gasteiger partial charge < -0.3 is 20.4 Å². The molecule has 0 aliphatic carbocycles. The lowest BCUT2D eigenvalue weighted by atomic mass is 10.1. The fourth-order valence-corrected chi connectivity index (χ4v) is 1.99. The van der Waals surface area contributed by atoms with E-state index in [1.54, 1.807) is 38.4 Å². The van der Waals surface area contributed by atoms with Crippen LogP contribution in [0.1, 0.15) is 10.4 Å². The Hall–Kier alpha value is -2.58. The van der Waals surface area contributed by atoms with Crippen LogP contribution in [0.5, 0.6) is 0 Å². The topological polar surface area (TPSA) is 98.6 Å². The molecule has 0 aliphatic rings. The van der Waals surface area contributed by atoms with Crippen molar-refractivity contribution in [2.45, 2.75) is 6.10 Å². The predicted octanol–water partition coefficient (Wildman–Crippen LogP) is 0.432. The van der Waals surface area contributed by atoms with Crippen LogP contribution in [0.4, 0.5) is 10.2 Å². The van der Waals surface area contributed by atoms with Crippen molar-refractivity contribution in [2.75, 3.05) is 32.1 Å². The number of halogens is 1. The second-order valence-electron chi connectivity index (χ2n) is 5.39. The van der Waals surface area contributed by atoms with E-state index in [-0.39, 0.29) is 12.4 Å². The number of aliphatic hydroxyl groups is 2. The first-order valence-electron chi connectivity index (χ1n) is 7.29. The number of nitrogens with zero attached hydrogens (tertiary/aromatic N) is 3. The summed E-state index contributed by atoms with van der Waals surface area (Å²) in [5, 5.41) is 20.5. The molecule has 2 aromatic rings. The van der Waals surface area contributed by atoms with Crippen LogP contribution in [-0.4, -0.2) is 59.4 Å². The third-order valence-corrected chi connectivity index (χ3v) is 3.24. The number of anilines is 1. The maximum absolute atomic E-state index is 13.7. The molecule has 0 bridgehead atoms. The molecule has 1 atom stereocenters. The molecular formula is C16H19FN4O3. The molecule has 2 rings (SSSR count). The van der Waals surface area contributed by atoms with Gasteiger partial charge in [-0.25, -0.2) is 14.4 Å². The molecule has 0 saturated carbocycles. The summed E-state index contributed by atoms with van der Waals surface area (Å²) in [6, 6.07) is 6.55. The Morgan fingerprint density at radius 3 is 2.83 bits per heavy atom. The predicted molar refractivity (Wildman–Crippen MR) is 87.2 cm³/mol. The maximum Gasteiger partial charge on any atom is 0.251 e. The van der Waals surface area contributed by atoms with E-state index in [1.165, 1.54) is 4.90 Å². The summed E-state index contributed by atoms with van der Waals surface area (Å²) < 4.78 is 13.7. The fourth-order valence-electron chi connectivity index (χ4n) is 1.99. The number of rotatable bonds is 6. The van der Waals surface area contributed by atoms with Crippen LogP contribution in [-0.2, 0) is 0 Å². The van der Waals surface area contributed by atoms with Crippen LogP contribution < -0.4 is 10.2 Å². The van der Waals surface area contributed by atoms with E-state index in [9.17, 15) is 14.3 Å². The number of nitrogens with one attached hydrogen (secondary N) is 1. The molecule has 0 aliphatic heterocycles. The Morgan fingerprint density at radius 2 is 2.17 bits per heavy atom. The zero-order chi connectivity index (χ0) is 17.7. The van der Waals surface area contributed by atoms with Gasteiger partial charge in [0.1, 0.15) is 0 Å². The minimum atomic E-state index is -1.01. The standard InChI is InChI=1S/C16H19FN4O3/c1-21(2)15-13(17)8-18-14(20-15)10-4-3-5-11(6-10)16(24)19-7-12(23)9-22/h3-6,8,12,22-23H,7,9H2,1-2H3,(H,19,24)/t12-/m0/s1. The minimum Gasteiger partial charge on any atom is -0.394 e. The molecule has 24 heavy (non-hydrogen) atoms. The Bertz CT molecular complexity index is 724. The first-order chi connectivity index (χ1) is 11.4. The van der Waals surface area contributed by atoms with Crippen LogP contribution in [0, 0.1) is 5.82 Å². The van der Waals surface area contributed by atoms with Gasteiger partial charge in [-0.3, -0.25) is 4.79 Å². The van der Waals surface area contributed by atoms with Crippen molar-refractivity contribution in [1.29, 1.82) is 0 Å². The Morgan fingerprint density at radius 1 is 1.42 bits per heavy atom. The van der Waals surface area contributed by atoms with Gasteiger partial charge in [-0.05, 0) is 12.1 Å². The number of aliphatic hydroxyl groups excluding tert-OH is 2. The monoisotopic (exact) mass is 334 g/mol. The molecule has 3 N–H and O–H groups in total. The quantitative estimate of drug-likeness (QED) is 0.709. The van der Waals surface area contributed by atoms with Crippen LogP contribution in [0.2, 0.25) is 0 Å². The van der Waals surface area contributed by atoms with Crippen LogP contribution in [0.3, 0.4) is 0 Å². The zero-order valence-corrected chi connectivity index (χ0v) is 13.4. The number of hydrogen-bond donors (Lipinski definition) is 3. The highest BCUT2D eigenvalue weighted by Crippen LogP contribution is 2.20. The lowest BCUT2D eigenvalue weighted by molar-refractivity contribution is 0.0802. The lowest BCUT2D eigenvalue weighted by Gasteiger charge is -2.13. The maximum atomic E-state index is 13.7. The molecular weight excluding hydrogens is 315 g/mol. The molecule has 0 spiro atoms. The zero-order valence-electron chi connectivity index (χ0n) is 13.4. The molecule has 8 heteroatoms. The molecule has 1 amide bonds. The van der Waals surface area contributed by atoms with Crippen molar-refractivity contribution in [3.05, 3.63) is 41.8 Å². The Labute approximate surface area is 138 Å². The summed E-state index contributed by atoms with van der Waals surface area (Å²) >= 11 is 0. The summed E-state index contributed by atoms with van der Waals surface area (Å²) in [5.74, 6) is -0.485. The highest BCUT2D eigenvalue weighted by Gasteiger charge is 2.13. The Kier molecular flexibility index (Phi) is 5.78. The van der Waals surface area contributed by atoms with Crippen LogP contribution >= 0.6 is 0 Å². The second-order valence-corrected chi connectivity index (χ2v) is 5.39. The minimum absolute atomic E-state index is 0.0581. The van der Waals surface area contributed by atoms with Gasteiger partial charge in [0.2, 0.25) is 0 Å². The molecule has 1 aromatic heterocycles. The van der Waals surface area contributed by atoms with E-state index >= 15 is 0 Å². The molecule has 128 valence electrons. The number of hydrogen-bond acceptors (Lipinski definition) is 6. The molecule has 1 aromatic carbocycles. The van der Waals surface area contributed by atoms with Crippen LogP contribution in [0.25, 0.3) is 11.4 Å². The third-order valence-electron chi connectivity index (χ3n) is 3.24. The molecule has 0 unspecified atom stereocenters. The summed E-state index contributed by atoms with van der Waals surface area (Å²) in [5.41, 5.74) is 0.908. The molecule has 7 nitrogen and oxygen atoms in total. The van der Waals surface area contributed by atoms with Gasteiger partial charge in [0.25, 0.3) is 5.91 Å². The number of carbonyl (C=O) groups excluding carboxylic acids is 1. The van der Waals surface area contributed by atoms with Gasteiger partial charge in [-0.1, -0.05) is 12.1 Å². The highest BCUT2D eigenvalue weighted by atomic mass is 19.1. The second kappa shape index (κ2) is 7.80. The van der Waals surface area contributed by atoms with Crippen molar-refractivity contribution in [3.63, 3.8) is 0 Å². The van der Waals surface area contributed by atoms with Crippen molar-refractivity contribution in [2.24, 2.45) is 0 Å². The first kappa shape index (κ1) is 17.8. The van der Waals surface area contributed by atoms with Crippen molar-refractivity contribution < 1.29 is 19.4 Å². The highest BCUT2D eigenvalue weighted by molar-refractivity contribution is 5.95. The van der Waals surface area contributed by atoms with Gasteiger partial charge in [-0.15, -0.1) is 0 Å². The molecule has 1 heterocycles. The van der Waals surface area contributed by atoms with Gasteiger partial charge in [0, 0.05) is 31.8 Å². The third kappa shape index (κ3) is 4.24. The van der Waals surface area contributed by atoms with Crippen molar-refractivity contribution in [1.82, 2.24) is 15.3 Å². The largest absolute Gasteiger partial charge is 0.394 e. The van der Waals surface area contributed by atoms with Gasteiger partial charge >= 0.3 is 0 Å². The number of carbonyl (C=O) groups is 1. The lowest BCUT2D eigenvalue weighted by Crippen LogP contribution is -2.33.